The molecule has 12 aromatic rings. The number of rotatable bonds is 20. The molecule has 0 atom stereocenters. The normalized spacial score (nSPS) is 12.0. The van der Waals surface area contributed by atoms with E-state index in [1.807, 2.05) is 14.7 Å². The Balaban J connectivity index is 0.000000155. The number of carbonyl (C=O) groups excluding carboxylic acids is 8. The summed E-state index contributed by atoms with van der Waals surface area (Å²) in [5, 5.41) is 48.8. The number of pyridine rings is 4. The Bertz CT molecular complexity index is 6200. The molecule has 3 fully saturated rings. The van der Waals surface area contributed by atoms with E-state index in [0.29, 0.717) is 86.3 Å². The molecule has 0 unspecified atom stereocenters. The number of halogens is 12. The number of carbonyl (C=O) groups is 8. The molecule has 15 rings (SSSR count). The zero-order valence-corrected chi connectivity index (χ0v) is 74.1. The molecule has 8 aromatic carbocycles. The molecule has 0 radical (unpaired) electrons. The fraction of sp³-hybridized carbons (Fsp3) is 0.100. The van der Waals surface area contributed by atoms with Gasteiger partial charge in [0, 0.05) is 101 Å². The summed E-state index contributed by atoms with van der Waals surface area (Å²) in [5.41, 5.74) is 4.27. The molecule has 8 amide bonds. The summed E-state index contributed by atoms with van der Waals surface area (Å²) in [6.07, 6.45) is 7.63. The van der Waals surface area contributed by atoms with Crippen molar-refractivity contribution in [2.45, 2.75) is 19.8 Å². The Morgan fingerprint density at radius 3 is 0.758 bits per heavy atom. The Morgan fingerprint density at radius 1 is 0.289 bits per heavy atom. The molecule has 0 aliphatic carbocycles. The lowest BCUT2D eigenvalue weighted by Gasteiger charge is -2.33. The van der Waals surface area contributed by atoms with Crippen LogP contribution in [0.4, 0.5) is 54.8 Å². The van der Waals surface area contributed by atoms with Gasteiger partial charge in [0.15, 0.2) is 0 Å². The van der Waals surface area contributed by atoms with Gasteiger partial charge in [-0.15, -0.1) is 0 Å². The number of nitrogens with one attached hydrogen (secondary N) is 11. The second kappa shape index (κ2) is 43.0. The summed E-state index contributed by atoms with van der Waals surface area (Å²) in [7, 11) is 0. The first-order valence-corrected chi connectivity index (χ1v) is 42.0. The highest BCUT2D eigenvalue weighted by Gasteiger charge is 2.28. The third kappa shape index (κ3) is 25.0. The lowest BCUT2D eigenvalue weighted by Crippen LogP contribution is -2.42. The molecule has 0 saturated carbocycles. The van der Waals surface area contributed by atoms with Crippen molar-refractivity contribution in [3.05, 3.63) is 354 Å². The van der Waals surface area contributed by atoms with E-state index in [1.54, 1.807) is 97.9 Å². The minimum atomic E-state index is -0.763. The number of aromatic nitrogens is 4. The van der Waals surface area contributed by atoms with Gasteiger partial charge in [-0.1, -0.05) is 152 Å². The molecule has 3 saturated heterocycles. The summed E-state index contributed by atoms with van der Waals surface area (Å²) in [4.78, 5) is 124. The largest absolute Gasteiger partial charge is 0.356 e. The van der Waals surface area contributed by atoms with Crippen molar-refractivity contribution in [3.8, 4) is 0 Å². The van der Waals surface area contributed by atoms with Crippen LogP contribution in [0.1, 0.15) is 125 Å². The van der Waals surface area contributed by atoms with Crippen molar-refractivity contribution < 1.29 is 47.1 Å². The van der Waals surface area contributed by atoms with Crippen LogP contribution in [0.3, 0.4) is 0 Å². The molecule has 38 heteroatoms. The van der Waals surface area contributed by atoms with E-state index in [2.05, 4.69) is 69.0 Å². The maximum Gasteiger partial charge on any atom is 0.258 e. The van der Waals surface area contributed by atoms with E-state index in [1.165, 1.54) is 122 Å². The van der Waals surface area contributed by atoms with Gasteiger partial charge in [0.05, 0.1) is 97.4 Å². The molecule has 3 aliphatic rings. The molecule has 7 heterocycles. The van der Waals surface area contributed by atoms with Gasteiger partial charge < -0.3 is 57.2 Å². The number of amides is 8. The van der Waals surface area contributed by atoms with Crippen LogP contribution in [-0.4, -0.2) is 139 Å². The average molecular weight is 1920 g/mol. The van der Waals surface area contributed by atoms with Crippen molar-refractivity contribution in [1.82, 2.24) is 34.6 Å². The van der Waals surface area contributed by atoms with Gasteiger partial charge in [-0.25, -0.2) is 28.7 Å². The van der Waals surface area contributed by atoms with Crippen LogP contribution in [0, 0.1) is 27.9 Å². The number of hydrogen-bond acceptors (Lipinski definition) is 15. The number of allylic oxidation sites excluding steroid dienone is 1. The minimum Gasteiger partial charge on any atom is -0.356 e. The predicted molar refractivity (Wildman–Crippen MR) is 501 cm³/mol. The molecular formula is C90H68Cl10F2N18O8. The fourth-order valence-corrected chi connectivity index (χ4v) is 13.6. The Labute approximate surface area is 780 Å². The van der Waals surface area contributed by atoms with Crippen molar-refractivity contribution in [3.63, 3.8) is 0 Å². The topological polar surface area (TPSA) is 365 Å². The third-order valence-electron chi connectivity index (χ3n) is 19.0. The maximum atomic E-state index is 14.7. The van der Waals surface area contributed by atoms with E-state index >= 15 is 0 Å². The Hall–Kier alpha value is -13.0. The van der Waals surface area contributed by atoms with Crippen molar-refractivity contribution >= 4 is 232 Å². The van der Waals surface area contributed by atoms with Crippen LogP contribution < -0.4 is 42.5 Å². The Morgan fingerprint density at radius 2 is 0.523 bits per heavy atom. The van der Waals surface area contributed by atoms with Crippen molar-refractivity contribution in [1.29, 1.82) is 16.2 Å². The summed E-state index contributed by atoms with van der Waals surface area (Å²) < 4.78 is 29.1. The molecule has 4 aromatic heterocycles. The predicted octanol–water partition coefficient (Wildman–Crippen LogP) is 21.9. The number of anilines is 8. The molecule has 3 aliphatic heterocycles. The Kier molecular flexibility index (Phi) is 31.6. The number of benzene rings is 8. The van der Waals surface area contributed by atoms with Gasteiger partial charge in [0.2, 0.25) is 0 Å². The lowest BCUT2D eigenvalue weighted by molar-refractivity contribution is 0.100. The number of nitrogens with zero attached hydrogens (tertiary/aromatic N) is 7. The molecule has 26 nitrogen and oxygen atoms in total. The first-order valence-electron chi connectivity index (χ1n) is 38.2. The van der Waals surface area contributed by atoms with Gasteiger partial charge in [-0.05, 0) is 195 Å². The van der Waals surface area contributed by atoms with Crippen molar-refractivity contribution in [2.24, 2.45) is 0 Å². The van der Waals surface area contributed by atoms with Gasteiger partial charge in [0.1, 0.15) is 52.4 Å². The SMILES string of the molecule is C=C(C)c1ccc(C(=O)Nc2ccc(Cl)cc2C(=O)Nc2ccc(Cl)cn2)c(F)c1.N=C(c1ccc(C(=O)Nc2ccc(Cl)cc2C(=O)Nc2ccc(Cl)cn2)c(Cl)c1)N1CC1.N=C(c1ccc(C(=O)Nc2ccc(Cl)cc2C(=O)Nc2ccc(Cl)cn2)c(Cl)c1)N1CCC1.N=C(c1ccc(C(=O)Nc2ccc(Cl)cc2C(=O)Nc2ccc(Cl)cn2)c(F)c1)N1CCC1. The molecule has 650 valence electrons. The second-order valence-electron chi connectivity index (χ2n) is 28.1. The smallest absolute Gasteiger partial charge is 0.258 e. The van der Waals surface area contributed by atoms with E-state index in [-0.39, 0.29) is 99.8 Å². The highest BCUT2D eigenvalue weighted by molar-refractivity contribution is 6.37. The molecule has 128 heavy (non-hydrogen) atoms. The zero-order chi connectivity index (χ0) is 91.7. The maximum absolute atomic E-state index is 14.7. The van der Waals surface area contributed by atoms with Crippen LogP contribution >= 0.6 is 116 Å². The third-order valence-corrected chi connectivity index (χ3v) is 21.5. The molecule has 0 bridgehead atoms. The van der Waals surface area contributed by atoms with Gasteiger partial charge >= 0.3 is 0 Å². The van der Waals surface area contributed by atoms with Gasteiger partial charge in [-0.2, -0.15) is 0 Å². The summed E-state index contributed by atoms with van der Waals surface area (Å²) in [6.45, 7) is 10.4. The highest BCUT2D eigenvalue weighted by Crippen LogP contribution is 2.33. The number of amidine groups is 3. The van der Waals surface area contributed by atoms with E-state index in [0.717, 1.165) is 58.2 Å². The van der Waals surface area contributed by atoms with E-state index < -0.39 is 58.9 Å². The standard InChI is InChI=1S/C23H18Cl3N5O2.C23H18Cl2FN5O2.C22H16Cl3N5O2.C22H16Cl2FN3O2/c2*24-14-3-6-19(17(11-14)23(33)30-20-7-4-15(25)12-28-20)29-22(32)16-5-2-13(10-18(16)26)21(27)31-8-1-9-31;23-13-2-5-18(16(10-13)22(32)29-19-6-3-14(24)11-27-19)28-21(31)15-4-1-12(9-17(15)25)20(26)30-7-8-30;1-12(2)13-3-6-16(18(25)9-13)21(29)27-19-7-4-14(23)10-17(19)22(30)28-20-8-5-15(24)11-26-20/h2*2-7,10-12,27H,1,8-9H2,(H,29,32)(H,28,30,33);1-6,9-11,26H,7-8H2,(H,28,31)(H,27,29,32);3-11H,1H2,2H3,(H,27,29)(H,26,28,30). The quantitative estimate of drug-likeness (QED) is 0.0192. The first-order chi connectivity index (χ1) is 61.2. The molecule has 11 N–H and O–H groups in total. The van der Waals surface area contributed by atoms with Crippen LogP contribution in [0.5, 0.6) is 0 Å². The van der Waals surface area contributed by atoms with Crippen LogP contribution in [0.2, 0.25) is 50.2 Å². The van der Waals surface area contributed by atoms with Crippen LogP contribution in [-0.2, 0) is 0 Å². The molecule has 0 spiro atoms. The summed E-state index contributed by atoms with van der Waals surface area (Å²) in [6, 6.07) is 48.1. The summed E-state index contributed by atoms with van der Waals surface area (Å²) in [5.74, 6) is -3.96. The first kappa shape index (κ1) is 94.2. The lowest BCUT2D eigenvalue weighted by atomic mass is 10.1. The summed E-state index contributed by atoms with van der Waals surface area (Å²) >= 11 is 60.1. The number of hydrogen-bond donors (Lipinski definition) is 11. The van der Waals surface area contributed by atoms with E-state index in [9.17, 15) is 47.1 Å². The monoisotopic (exact) mass is 1920 g/mol. The van der Waals surface area contributed by atoms with Crippen LogP contribution in [0.25, 0.3) is 5.57 Å². The second-order valence-corrected chi connectivity index (χ2v) is 32.4. The minimum absolute atomic E-state index is 0.0733. The van der Waals surface area contributed by atoms with Gasteiger partial charge in [-0.3, -0.25) is 54.6 Å². The molecular weight excluding hydrogens is 1850 g/mol. The van der Waals surface area contributed by atoms with E-state index in [4.69, 9.17) is 132 Å². The number of likely N-dealkylation sites (tertiary alicyclic amines) is 2. The average Bonchev–Trinajstić information content (AvgIpc) is 1.34. The highest BCUT2D eigenvalue weighted by atomic mass is 35.5. The fourth-order valence-electron chi connectivity index (χ4n) is 12.0. The van der Waals surface area contributed by atoms with Gasteiger partial charge in [0.25, 0.3) is 47.3 Å². The van der Waals surface area contributed by atoms with Crippen LogP contribution in [0.15, 0.2) is 225 Å². The zero-order valence-electron chi connectivity index (χ0n) is 66.6. The van der Waals surface area contributed by atoms with Crippen molar-refractivity contribution in [2.75, 3.05) is 81.8 Å².